The van der Waals surface area contributed by atoms with Crippen LogP contribution in [-0.4, -0.2) is 40.0 Å². The maximum Gasteiger partial charge on any atom is 0.265 e. The number of rotatable bonds is 7. The van der Waals surface area contributed by atoms with Crippen molar-refractivity contribution in [3.05, 3.63) is 11.5 Å². The topological polar surface area (TPSA) is 21.7 Å². The van der Waals surface area contributed by atoms with Gasteiger partial charge in [0.25, 0.3) is 5.95 Å². The average molecular weight is 245 g/mol. The zero-order valence-electron chi connectivity index (χ0n) is 11.9. The van der Waals surface area contributed by atoms with Gasteiger partial charge in [0.1, 0.15) is 0 Å². The van der Waals surface area contributed by atoms with E-state index in [4.69, 9.17) is 9.16 Å². The van der Waals surface area contributed by atoms with Gasteiger partial charge in [0.05, 0.1) is 7.11 Å². The largest absolute Gasteiger partial charge is 0.520 e. The molecule has 0 radical (unpaired) electrons. The first-order valence-corrected chi connectivity index (χ1v) is 9.40. The summed E-state index contributed by atoms with van der Waals surface area (Å²) in [5.41, 5.74) is 1.17. The normalized spacial score (nSPS) is 13.8. The third-order valence-corrected chi connectivity index (χ3v) is 3.09. The maximum absolute atomic E-state index is 5.91. The minimum absolute atomic E-state index is 0.714. The minimum atomic E-state index is -1.58. The molecule has 16 heavy (non-hydrogen) atoms. The average Bonchev–Trinajstić information content (AvgIpc) is 2.20. The van der Waals surface area contributed by atoms with Gasteiger partial charge in [-0.15, -0.1) is 0 Å². The number of hydrogen-bond donors (Lipinski definition) is 0. The predicted molar refractivity (Wildman–Crippen MR) is 71.9 cm³/mol. The molecule has 0 fully saturated rings. The van der Waals surface area contributed by atoms with Crippen molar-refractivity contribution in [2.75, 3.05) is 26.7 Å². The number of hydrogen-bond acceptors (Lipinski definition) is 3. The van der Waals surface area contributed by atoms with Crippen LogP contribution in [0.4, 0.5) is 0 Å². The molecule has 0 atom stereocenters. The summed E-state index contributed by atoms with van der Waals surface area (Å²) in [6, 6.07) is 0. The van der Waals surface area contributed by atoms with E-state index >= 15 is 0 Å². The standard InChI is InChI=1S/C12H27NO2Si/c1-8-13(9-2)10-11(3)12(14-4)15-16(5,6)7/h8-10H2,1-7H3/b12-11-. The number of methoxy groups -OCH3 is 1. The van der Waals surface area contributed by atoms with Crippen LogP contribution >= 0.6 is 0 Å². The van der Waals surface area contributed by atoms with Gasteiger partial charge < -0.3 is 9.16 Å². The molecule has 0 heterocycles. The fraction of sp³-hybridized carbons (Fsp3) is 0.833. The van der Waals surface area contributed by atoms with Gasteiger partial charge >= 0.3 is 0 Å². The summed E-state index contributed by atoms with van der Waals surface area (Å²) in [7, 11) is 0.105. The van der Waals surface area contributed by atoms with Gasteiger partial charge in [-0.05, 0) is 39.7 Å². The molecule has 0 aliphatic carbocycles. The summed E-state index contributed by atoms with van der Waals surface area (Å²) in [6.07, 6.45) is 0. The zero-order chi connectivity index (χ0) is 12.8. The second kappa shape index (κ2) is 6.96. The van der Waals surface area contributed by atoms with Crippen LogP contribution < -0.4 is 0 Å². The molecule has 0 amide bonds. The van der Waals surface area contributed by atoms with Crippen molar-refractivity contribution in [1.29, 1.82) is 0 Å². The zero-order valence-corrected chi connectivity index (χ0v) is 12.9. The fourth-order valence-electron chi connectivity index (χ4n) is 1.43. The second-order valence-electron chi connectivity index (χ2n) is 4.95. The molecule has 0 saturated carbocycles. The summed E-state index contributed by atoms with van der Waals surface area (Å²) in [5, 5.41) is 0. The Kier molecular flexibility index (Phi) is 6.75. The second-order valence-corrected chi connectivity index (χ2v) is 9.38. The Morgan fingerprint density at radius 1 is 1.12 bits per heavy atom. The van der Waals surface area contributed by atoms with E-state index in [-0.39, 0.29) is 0 Å². The molecule has 0 N–H and O–H groups in total. The molecule has 0 unspecified atom stereocenters. The van der Waals surface area contributed by atoms with Crippen LogP contribution in [0.1, 0.15) is 20.8 Å². The van der Waals surface area contributed by atoms with Crippen molar-refractivity contribution >= 4 is 8.32 Å². The molecule has 0 aliphatic heterocycles. The van der Waals surface area contributed by atoms with Crippen LogP contribution in [0.25, 0.3) is 0 Å². The van der Waals surface area contributed by atoms with Gasteiger partial charge in [-0.2, -0.15) is 0 Å². The number of nitrogens with zero attached hydrogens (tertiary/aromatic N) is 1. The first kappa shape index (κ1) is 15.5. The van der Waals surface area contributed by atoms with Crippen molar-refractivity contribution in [3.63, 3.8) is 0 Å². The highest BCUT2D eigenvalue weighted by Gasteiger charge is 2.20. The smallest absolute Gasteiger partial charge is 0.265 e. The highest BCUT2D eigenvalue weighted by molar-refractivity contribution is 6.70. The molecule has 96 valence electrons. The highest BCUT2D eigenvalue weighted by Crippen LogP contribution is 2.15. The Morgan fingerprint density at radius 2 is 1.62 bits per heavy atom. The van der Waals surface area contributed by atoms with Crippen molar-refractivity contribution < 1.29 is 9.16 Å². The Bertz CT molecular complexity index is 230. The molecule has 3 nitrogen and oxygen atoms in total. The Balaban J connectivity index is 4.60. The van der Waals surface area contributed by atoms with Crippen LogP contribution in [0, 0.1) is 0 Å². The van der Waals surface area contributed by atoms with E-state index in [1.165, 1.54) is 5.57 Å². The van der Waals surface area contributed by atoms with E-state index in [1.54, 1.807) is 7.11 Å². The first-order chi connectivity index (χ1) is 7.34. The molecule has 4 heteroatoms. The van der Waals surface area contributed by atoms with Crippen molar-refractivity contribution in [2.24, 2.45) is 0 Å². The van der Waals surface area contributed by atoms with Gasteiger partial charge in [-0.25, -0.2) is 0 Å². The summed E-state index contributed by atoms with van der Waals surface area (Å²) in [6.45, 7) is 15.9. The summed E-state index contributed by atoms with van der Waals surface area (Å²) >= 11 is 0. The first-order valence-electron chi connectivity index (χ1n) is 5.99. The monoisotopic (exact) mass is 245 g/mol. The summed E-state index contributed by atoms with van der Waals surface area (Å²) < 4.78 is 11.3. The van der Waals surface area contributed by atoms with E-state index in [9.17, 15) is 0 Å². The van der Waals surface area contributed by atoms with Gasteiger partial charge in [-0.1, -0.05) is 13.8 Å². The molecular formula is C12H27NO2Si. The lowest BCUT2D eigenvalue weighted by Gasteiger charge is -2.24. The van der Waals surface area contributed by atoms with E-state index in [0.29, 0.717) is 5.95 Å². The molecule has 0 saturated heterocycles. The Labute approximate surface area is 102 Å². The van der Waals surface area contributed by atoms with Crippen molar-refractivity contribution in [2.45, 2.75) is 40.4 Å². The molecule has 0 aromatic heterocycles. The number of ether oxygens (including phenoxy) is 1. The van der Waals surface area contributed by atoms with Gasteiger partial charge in [0.2, 0.25) is 8.32 Å². The van der Waals surface area contributed by atoms with Crippen LogP contribution in [0.5, 0.6) is 0 Å². The van der Waals surface area contributed by atoms with Crippen LogP contribution in [0.3, 0.4) is 0 Å². The lowest BCUT2D eigenvalue weighted by atomic mass is 10.3. The van der Waals surface area contributed by atoms with Gasteiger partial charge in [0.15, 0.2) is 0 Å². The van der Waals surface area contributed by atoms with Crippen molar-refractivity contribution in [1.82, 2.24) is 4.90 Å². The minimum Gasteiger partial charge on any atom is -0.520 e. The summed E-state index contributed by atoms with van der Waals surface area (Å²) in [5.74, 6) is 0.714. The van der Waals surface area contributed by atoms with Gasteiger partial charge in [0, 0.05) is 12.1 Å². The lowest BCUT2D eigenvalue weighted by molar-refractivity contribution is 0.138. The van der Waals surface area contributed by atoms with E-state index in [1.807, 2.05) is 0 Å². The lowest BCUT2D eigenvalue weighted by Crippen LogP contribution is -2.29. The third-order valence-electron chi connectivity index (χ3n) is 2.29. The van der Waals surface area contributed by atoms with E-state index < -0.39 is 8.32 Å². The molecule has 0 aromatic rings. The van der Waals surface area contributed by atoms with E-state index in [0.717, 1.165) is 19.6 Å². The maximum atomic E-state index is 5.91. The molecular weight excluding hydrogens is 218 g/mol. The predicted octanol–water partition coefficient (Wildman–Crippen LogP) is 3.06. The molecule has 0 aromatic carbocycles. The molecule has 0 spiro atoms. The third kappa shape index (κ3) is 6.18. The molecule has 0 aliphatic rings. The fourth-order valence-corrected chi connectivity index (χ4v) is 2.24. The Morgan fingerprint density at radius 3 is 1.94 bits per heavy atom. The van der Waals surface area contributed by atoms with Crippen LogP contribution in [0.15, 0.2) is 11.5 Å². The van der Waals surface area contributed by atoms with Crippen LogP contribution in [-0.2, 0) is 9.16 Å². The van der Waals surface area contributed by atoms with Crippen molar-refractivity contribution in [3.8, 4) is 0 Å². The van der Waals surface area contributed by atoms with Crippen LogP contribution in [0.2, 0.25) is 19.6 Å². The quantitative estimate of drug-likeness (QED) is 0.508. The summed E-state index contributed by atoms with van der Waals surface area (Å²) in [4.78, 5) is 2.35. The SMILES string of the molecule is CCN(CC)C/C(C)=C(/OC)O[Si](C)(C)C. The van der Waals surface area contributed by atoms with Gasteiger partial charge in [-0.3, -0.25) is 4.90 Å². The van der Waals surface area contributed by atoms with E-state index in [2.05, 4.69) is 45.3 Å². The molecule has 0 bridgehead atoms. The highest BCUT2D eigenvalue weighted by atomic mass is 28.4. The number of likely N-dealkylation sites (N-methyl/N-ethyl adjacent to an activating group) is 1. The Hall–Kier alpha value is -0.483. The molecule has 0 rings (SSSR count).